The molecule has 0 radical (unpaired) electrons. The van der Waals surface area contributed by atoms with Gasteiger partial charge in [0.05, 0.1) is 12.1 Å². The van der Waals surface area contributed by atoms with Crippen LogP contribution in [-0.4, -0.2) is 30.5 Å². The Hall–Kier alpha value is -0.160. The fourth-order valence-electron chi connectivity index (χ4n) is 0.451. The van der Waals surface area contributed by atoms with Crippen LogP contribution in [0.25, 0.3) is 0 Å². The molecule has 1 fully saturated rings. The van der Waals surface area contributed by atoms with E-state index in [1.165, 1.54) is 0 Å². The molecule has 0 spiro atoms. The van der Waals surface area contributed by atoms with E-state index in [0.29, 0.717) is 0 Å². The van der Waals surface area contributed by atoms with Crippen molar-refractivity contribution in [2.24, 2.45) is 5.73 Å². The van der Waals surface area contributed by atoms with Crippen LogP contribution in [0.1, 0.15) is 0 Å². The number of rotatable bonds is 1. The standard InChI is InChI=1S/C4H9NO3/c5-4(1-6)2-7-8-3-4/h6H,1-3,5H2. The second kappa shape index (κ2) is 1.99. The van der Waals surface area contributed by atoms with Crippen molar-refractivity contribution in [1.29, 1.82) is 0 Å². The van der Waals surface area contributed by atoms with Gasteiger partial charge < -0.3 is 10.8 Å². The molecule has 48 valence electrons. The molecule has 8 heavy (non-hydrogen) atoms. The molecular formula is C4H9NO3. The van der Waals surface area contributed by atoms with Crippen molar-refractivity contribution in [2.75, 3.05) is 19.8 Å². The van der Waals surface area contributed by atoms with Crippen LogP contribution >= 0.6 is 0 Å². The number of aliphatic hydroxyl groups excluding tert-OH is 1. The second-order valence-corrected chi connectivity index (χ2v) is 2.04. The molecule has 0 bridgehead atoms. The number of hydrogen-bond acceptors (Lipinski definition) is 4. The molecule has 0 saturated carbocycles. The van der Waals surface area contributed by atoms with Gasteiger partial charge in [0.2, 0.25) is 0 Å². The smallest absolute Gasteiger partial charge is 0.105 e. The minimum absolute atomic E-state index is 0.0903. The van der Waals surface area contributed by atoms with E-state index in [1.54, 1.807) is 0 Å². The fraction of sp³-hybridized carbons (Fsp3) is 1.00. The molecule has 0 aromatic carbocycles. The van der Waals surface area contributed by atoms with Gasteiger partial charge in [-0.25, -0.2) is 9.78 Å². The SMILES string of the molecule is NC1(CO)COOC1. The maximum atomic E-state index is 8.54. The molecule has 0 amide bonds. The first kappa shape index (κ1) is 5.97. The van der Waals surface area contributed by atoms with Gasteiger partial charge in [-0.1, -0.05) is 0 Å². The molecule has 1 aliphatic rings. The molecule has 0 aromatic rings. The van der Waals surface area contributed by atoms with Crippen molar-refractivity contribution < 1.29 is 14.9 Å². The second-order valence-electron chi connectivity index (χ2n) is 2.04. The zero-order valence-electron chi connectivity index (χ0n) is 4.46. The summed E-state index contributed by atoms with van der Waals surface area (Å²) >= 11 is 0. The Bertz CT molecular complexity index is 79.4. The molecule has 0 aliphatic carbocycles. The minimum Gasteiger partial charge on any atom is -0.394 e. The summed E-state index contributed by atoms with van der Waals surface area (Å²) < 4.78 is 0. The van der Waals surface area contributed by atoms with E-state index >= 15 is 0 Å². The molecule has 1 aliphatic heterocycles. The fourth-order valence-corrected chi connectivity index (χ4v) is 0.451. The molecule has 0 atom stereocenters. The van der Waals surface area contributed by atoms with Crippen molar-refractivity contribution in [3.05, 3.63) is 0 Å². The van der Waals surface area contributed by atoms with Gasteiger partial charge in [-0.2, -0.15) is 0 Å². The van der Waals surface area contributed by atoms with Crippen LogP contribution in [0.2, 0.25) is 0 Å². The van der Waals surface area contributed by atoms with Crippen LogP contribution in [0.4, 0.5) is 0 Å². The Labute approximate surface area is 47.1 Å². The zero-order valence-corrected chi connectivity index (χ0v) is 4.46. The summed E-state index contributed by atoms with van der Waals surface area (Å²) in [6, 6.07) is 0. The molecule has 4 heteroatoms. The largest absolute Gasteiger partial charge is 0.394 e. The molecule has 1 heterocycles. The lowest BCUT2D eigenvalue weighted by molar-refractivity contribution is -0.248. The summed E-state index contributed by atoms with van der Waals surface area (Å²) in [7, 11) is 0. The number of aliphatic hydroxyl groups is 1. The van der Waals surface area contributed by atoms with Crippen LogP contribution in [0.15, 0.2) is 0 Å². The first-order valence-corrected chi connectivity index (χ1v) is 2.41. The van der Waals surface area contributed by atoms with E-state index in [0.717, 1.165) is 0 Å². The molecular weight excluding hydrogens is 110 g/mol. The van der Waals surface area contributed by atoms with E-state index in [1.807, 2.05) is 0 Å². The normalized spacial score (nSPS) is 26.2. The molecule has 1 rings (SSSR count). The Morgan fingerprint density at radius 3 is 2.25 bits per heavy atom. The highest BCUT2D eigenvalue weighted by atomic mass is 17.2. The lowest BCUT2D eigenvalue weighted by Gasteiger charge is -2.13. The highest BCUT2D eigenvalue weighted by Crippen LogP contribution is 2.08. The van der Waals surface area contributed by atoms with Crippen LogP contribution in [0.3, 0.4) is 0 Å². The Morgan fingerprint density at radius 2 is 2.00 bits per heavy atom. The predicted molar refractivity (Wildman–Crippen MR) is 25.9 cm³/mol. The summed E-state index contributed by atoms with van der Waals surface area (Å²) in [4.78, 5) is 8.93. The highest BCUT2D eigenvalue weighted by molar-refractivity contribution is 4.84. The third-order valence-electron chi connectivity index (χ3n) is 1.09. The Balaban J connectivity index is 2.40. The molecule has 1 saturated heterocycles. The first-order chi connectivity index (χ1) is 3.77. The summed E-state index contributed by atoms with van der Waals surface area (Å²) in [6.07, 6.45) is 0. The van der Waals surface area contributed by atoms with Crippen LogP contribution in [0.5, 0.6) is 0 Å². The van der Waals surface area contributed by atoms with Gasteiger partial charge in [0.1, 0.15) is 13.2 Å². The van der Waals surface area contributed by atoms with Crippen LogP contribution < -0.4 is 5.73 Å². The molecule has 4 nitrogen and oxygen atoms in total. The summed E-state index contributed by atoms with van der Waals surface area (Å²) in [5.74, 6) is 0. The summed E-state index contributed by atoms with van der Waals surface area (Å²) in [6.45, 7) is 0.472. The van der Waals surface area contributed by atoms with E-state index in [-0.39, 0.29) is 19.8 Å². The third kappa shape index (κ3) is 0.976. The highest BCUT2D eigenvalue weighted by Gasteiger charge is 2.31. The third-order valence-corrected chi connectivity index (χ3v) is 1.09. The van der Waals surface area contributed by atoms with E-state index in [9.17, 15) is 0 Å². The van der Waals surface area contributed by atoms with Crippen molar-refractivity contribution in [2.45, 2.75) is 5.54 Å². The predicted octanol–water partition coefficient (Wildman–Crippen LogP) is -1.36. The lowest BCUT2D eigenvalue weighted by Crippen LogP contribution is -2.47. The number of hydrogen-bond donors (Lipinski definition) is 2. The Kier molecular flexibility index (Phi) is 1.48. The van der Waals surface area contributed by atoms with E-state index in [2.05, 4.69) is 9.78 Å². The van der Waals surface area contributed by atoms with Gasteiger partial charge in [0.15, 0.2) is 0 Å². The monoisotopic (exact) mass is 119 g/mol. The molecule has 3 N–H and O–H groups in total. The average molecular weight is 119 g/mol. The minimum atomic E-state index is -0.653. The van der Waals surface area contributed by atoms with E-state index in [4.69, 9.17) is 10.8 Å². The average Bonchev–Trinajstić information content (AvgIpc) is 2.17. The molecule has 0 aromatic heterocycles. The Morgan fingerprint density at radius 1 is 1.50 bits per heavy atom. The maximum absolute atomic E-state index is 8.54. The molecule has 0 unspecified atom stereocenters. The van der Waals surface area contributed by atoms with Gasteiger partial charge in [-0.15, -0.1) is 0 Å². The summed E-state index contributed by atoms with van der Waals surface area (Å²) in [5.41, 5.74) is 4.81. The first-order valence-electron chi connectivity index (χ1n) is 2.41. The van der Waals surface area contributed by atoms with Crippen molar-refractivity contribution >= 4 is 0 Å². The van der Waals surface area contributed by atoms with Gasteiger partial charge >= 0.3 is 0 Å². The van der Waals surface area contributed by atoms with Gasteiger partial charge in [-0.3, -0.25) is 0 Å². The topological polar surface area (TPSA) is 64.7 Å². The van der Waals surface area contributed by atoms with Crippen molar-refractivity contribution in [3.63, 3.8) is 0 Å². The lowest BCUT2D eigenvalue weighted by atomic mass is 10.1. The van der Waals surface area contributed by atoms with Crippen LogP contribution in [-0.2, 0) is 9.78 Å². The zero-order chi connectivity index (χ0) is 6.04. The van der Waals surface area contributed by atoms with Crippen molar-refractivity contribution in [1.82, 2.24) is 0 Å². The van der Waals surface area contributed by atoms with Gasteiger partial charge in [0, 0.05) is 0 Å². The maximum Gasteiger partial charge on any atom is 0.105 e. The van der Waals surface area contributed by atoms with Crippen molar-refractivity contribution in [3.8, 4) is 0 Å². The van der Waals surface area contributed by atoms with Gasteiger partial charge in [0.25, 0.3) is 0 Å². The number of nitrogens with two attached hydrogens (primary N) is 1. The van der Waals surface area contributed by atoms with E-state index < -0.39 is 5.54 Å². The quantitative estimate of drug-likeness (QED) is 0.418. The van der Waals surface area contributed by atoms with Crippen LogP contribution in [0, 0.1) is 0 Å². The van der Waals surface area contributed by atoms with Gasteiger partial charge in [-0.05, 0) is 0 Å². The summed E-state index contributed by atoms with van der Waals surface area (Å²) in [5, 5.41) is 8.54.